The molecule has 78 valence electrons. The SMILES string of the molecule is COc1nc(C)cc(=O)n1CC(C)C. The van der Waals surface area contributed by atoms with E-state index in [1.165, 1.54) is 13.2 Å². The molecule has 1 aromatic heterocycles. The van der Waals surface area contributed by atoms with E-state index in [1.807, 2.05) is 13.8 Å². The summed E-state index contributed by atoms with van der Waals surface area (Å²) in [6, 6.07) is 1.91. The first-order chi connectivity index (χ1) is 6.54. The zero-order chi connectivity index (χ0) is 10.7. The molecule has 4 nitrogen and oxygen atoms in total. The predicted molar refractivity (Wildman–Crippen MR) is 54.6 cm³/mol. The Hall–Kier alpha value is -1.32. The number of nitrogens with zero attached hydrogens (tertiary/aromatic N) is 2. The molecule has 0 aliphatic rings. The first-order valence-corrected chi connectivity index (χ1v) is 4.67. The van der Waals surface area contributed by atoms with E-state index in [2.05, 4.69) is 4.98 Å². The summed E-state index contributed by atoms with van der Waals surface area (Å²) in [5.74, 6) is 0.395. The van der Waals surface area contributed by atoms with Crippen molar-refractivity contribution in [3.63, 3.8) is 0 Å². The number of methoxy groups -OCH3 is 1. The van der Waals surface area contributed by atoms with Gasteiger partial charge in [0, 0.05) is 18.3 Å². The largest absolute Gasteiger partial charge is 0.468 e. The van der Waals surface area contributed by atoms with Gasteiger partial charge in [-0.3, -0.25) is 9.36 Å². The molecule has 0 N–H and O–H groups in total. The summed E-state index contributed by atoms with van der Waals surface area (Å²) in [5.41, 5.74) is 0.634. The summed E-state index contributed by atoms with van der Waals surface area (Å²) in [6.07, 6.45) is 0. The minimum atomic E-state index is -0.0527. The third-order valence-corrected chi connectivity index (χ3v) is 1.83. The summed E-state index contributed by atoms with van der Waals surface area (Å²) in [7, 11) is 1.53. The zero-order valence-electron chi connectivity index (χ0n) is 9.07. The Morgan fingerprint density at radius 3 is 2.71 bits per heavy atom. The van der Waals surface area contributed by atoms with Crippen LogP contribution in [0.25, 0.3) is 0 Å². The van der Waals surface area contributed by atoms with Gasteiger partial charge in [0.25, 0.3) is 11.6 Å². The molecule has 1 rings (SSSR count). The van der Waals surface area contributed by atoms with E-state index < -0.39 is 0 Å². The first-order valence-electron chi connectivity index (χ1n) is 4.67. The Labute approximate surface area is 83.5 Å². The van der Waals surface area contributed by atoms with Crippen molar-refractivity contribution in [2.45, 2.75) is 27.3 Å². The maximum Gasteiger partial charge on any atom is 0.299 e. The van der Waals surface area contributed by atoms with Crippen LogP contribution in [0, 0.1) is 12.8 Å². The number of rotatable bonds is 3. The fourth-order valence-corrected chi connectivity index (χ4v) is 1.28. The first kappa shape index (κ1) is 10.8. The van der Waals surface area contributed by atoms with Crippen LogP contribution in [-0.4, -0.2) is 16.7 Å². The van der Waals surface area contributed by atoms with Gasteiger partial charge in [-0.2, -0.15) is 0 Å². The van der Waals surface area contributed by atoms with Crippen molar-refractivity contribution < 1.29 is 4.74 Å². The van der Waals surface area contributed by atoms with Gasteiger partial charge in [0.05, 0.1) is 7.11 Å². The highest BCUT2D eigenvalue weighted by molar-refractivity contribution is 5.06. The van der Waals surface area contributed by atoms with Crippen LogP contribution in [0.3, 0.4) is 0 Å². The van der Waals surface area contributed by atoms with Crippen molar-refractivity contribution >= 4 is 0 Å². The summed E-state index contributed by atoms with van der Waals surface area (Å²) in [4.78, 5) is 15.7. The minimum Gasteiger partial charge on any atom is -0.468 e. The van der Waals surface area contributed by atoms with Crippen LogP contribution in [-0.2, 0) is 6.54 Å². The molecule has 0 aliphatic carbocycles. The lowest BCUT2D eigenvalue weighted by Gasteiger charge is -2.12. The molecule has 0 aliphatic heterocycles. The molecule has 0 aromatic carbocycles. The standard InChI is InChI=1S/C10H16N2O2/c1-7(2)6-12-9(13)5-8(3)11-10(12)14-4/h5,7H,6H2,1-4H3. The molecule has 0 fully saturated rings. The smallest absolute Gasteiger partial charge is 0.299 e. The maximum atomic E-state index is 11.6. The van der Waals surface area contributed by atoms with E-state index in [0.29, 0.717) is 24.2 Å². The van der Waals surface area contributed by atoms with Crippen LogP contribution in [0.4, 0.5) is 0 Å². The molecule has 1 aromatic rings. The lowest BCUT2D eigenvalue weighted by molar-refractivity contribution is 0.331. The van der Waals surface area contributed by atoms with Crippen LogP contribution < -0.4 is 10.3 Å². The van der Waals surface area contributed by atoms with Gasteiger partial charge in [0.15, 0.2) is 0 Å². The zero-order valence-corrected chi connectivity index (χ0v) is 9.07. The molecule has 0 spiro atoms. The molecule has 0 radical (unpaired) electrons. The molecule has 0 amide bonds. The number of aromatic nitrogens is 2. The maximum absolute atomic E-state index is 11.6. The second-order valence-electron chi connectivity index (χ2n) is 3.73. The van der Waals surface area contributed by atoms with E-state index in [0.717, 1.165) is 0 Å². The van der Waals surface area contributed by atoms with Crippen molar-refractivity contribution in [3.8, 4) is 6.01 Å². The third kappa shape index (κ3) is 2.34. The van der Waals surface area contributed by atoms with E-state index in [4.69, 9.17) is 4.74 Å². The molecule has 0 unspecified atom stereocenters. The summed E-state index contributed by atoms with van der Waals surface area (Å²) >= 11 is 0. The number of hydrogen-bond donors (Lipinski definition) is 0. The molecule has 0 saturated carbocycles. The summed E-state index contributed by atoms with van der Waals surface area (Å²) < 4.78 is 6.61. The Morgan fingerprint density at radius 1 is 1.57 bits per heavy atom. The van der Waals surface area contributed by atoms with Gasteiger partial charge in [-0.25, -0.2) is 4.98 Å². The molecular weight excluding hydrogens is 180 g/mol. The molecule has 0 atom stereocenters. The Bertz CT molecular complexity index is 369. The Morgan fingerprint density at radius 2 is 2.21 bits per heavy atom. The van der Waals surface area contributed by atoms with Crippen LogP contribution in [0.15, 0.2) is 10.9 Å². The second-order valence-corrected chi connectivity index (χ2v) is 3.73. The second kappa shape index (κ2) is 4.26. The van der Waals surface area contributed by atoms with Crippen molar-refractivity contribution in [3.05, 3.63) is 22.1 Å². The topological polar surface area (TPSA) is 44.1 Å². The van der Waals surface area contributed by atoms with Crippen molar-refractivity contribution in [2.75, 3.05) is 7.11 Å². The van der Waals surface area contributed by atoms with Gasteiger partial charge in [-0.1, -0.05) is 13.8 Å². The van der Waals surface area contributed by atoms with Crippen LogP contribution in [0.1, 0.15) is 19.5 Å². The van der Waals surface area contributed by atoms with Gasteiger partial charge < -0.3 is 4.74 Å². The average Bonchev–Trinajstić information content (AvgIpc) is 2.08. The molecule has 14 heavy (non-hydrogen) atoms. The molecule has 4 heteroatoms. The quantitative estimate of drug-likeness (QED) is 0.730. The minimum absolute atomic E-state index is 0.0527. The number of aryl methyl sites for hydroxylation is 1. The average molecular weight is 196 g/mol. The van der Waals surface area contributed by atoms with Gasteiger partial charge in [0.2, 0.25) is 0 Å². The van der Waals surface area contributed by atoms with Crippen molar-refractivity contribution in [2.24, 2.45) is 5.92 Å². The van der Waals surface area contributed by atoms with E-state index in [-0.39, 0.29) is 5.56 Å². The van der Waals surface area contributed by atoms with Crippen molar-refractivity contribution in [1.29, 1.82) is 0 Å². The van der Waals surface area contributed by atoms with Gasteiger partial charge in [-0.15, -0.1) is 0 Å². The molecular formula is C10H16N2O2. The number of hydrogen-bond acceptors (Lipinski definition) is 3. The highest BCUT2D eigenvalue weighted by atomic mass is 16.5. The third-order valence-electron chi connectivity index (χ3n) is 1.83. The van der Waals surface area contributed by atoms with E-state index >= 15 is 0 Å². The van der Waals surface area contributed by atoms with E-state index in [9.17, 15) is 4.79 Å². The molecule has 1 heterocycles. The lowest BCUT2D eigenvalue weighted by Crippen LogP contribution is -2.24. The van der Waals surface area contributed by atoms with Crippen LogP contribution in [0.2, 0.25) is 0 Å². The van der Waals surface area contributed by atoms with Crippen LogP contribution in [0.5, 0.6) is 6.01 Å². The van der Waals surface area contributed by atoms with Gasteiger partial charge >= 0.3 is 0 Å². The van der Waals surface area contributed by atoms with Crippen LogP contribution >= 0.6 is 0 Å². The normalized spacial score (nSPS) is 10.6. The van der Waals surface area contributed by atoms with E-state index in [1.54, 1.807) is 11.5 Å². The fraction of sp³-hybridized carbons (Fsp3) is 0.600. The lowest BCUT2D eigenvalue weighted by atomic mass is 10.2. The number of ether oxygens (including phenoxy) is 1. The summed E-state index contributed by atoms with van der Waals surface area (Å²) in [5, 5.41) is 0. The highest BCUT2D eigenvalue weighted by Crippen LogP contribution is 2.07. The Balaban J connectivity index is 3.19. The molecule has 0 saturated heterocycles. The molecule has 0 bridgehead atoms. The predicted octanol–water partition coefficient (Wildman–Crippen LogP) is 1.22. The fourth-order valence-electron chi connectivity index (χ4n) is 1.28. The summed E-state index contributed by atoms with van der Waals surface area (Å²) in [6.45, 7) is 6.51. The van der Waals surface area contributed by atoms with Crippen molar-refractivity contribution in [1.82, 2.24) is 9.55 Å². The Kier molecular flexibility index (Phi) is 3.28. The van der Waals surface area contributed by atoms with Gasteiger partial charge in [-0.05, 0) is 12.8 Å². The monoisotopic (exact) mass is 196 g/mol. The highest BCUT2D eigenvalue weighted by Gasteiger charge is 2.08. The van der Waals surface area contributed by atoms with Gasteiger partial charge in [0.1, 0.15) is 0 Å².